The molecule has 2 N–H and O–H groups in total. The molecule has 0 unspecified atom stereocenters. The summed E-state index contributed by atoms with van der Waals surface area (Å²) in [5.74, 6) is 0.355. The van der Waals surface area contributed by atoms with E-state index in [9.17, 15) is 4.39 Å². The molecule has 1 aliphatic carbocycles. The Kier molecular flexibility index (Phi) is 4.24. The highest BCUT2D eigenvalue weighted by atomic mass is 35.5. The van der Waals surface area contributed by atoms with E-state index in [0.717, 1.165) is 37.7 Å². The molecule has 0 aliphatic heterocycles. The van der Waals surface area contributed by atoms with E-state index >= 15 is 0 Å². The molecule has 0 heterocycles. The standard InChI is InChI=1S/C13H17ClFNO/c14-12-8-10(15)7-9(3-1-2-6-16)13(12)17-11-4-5-11/h7-8,11H,1-6,16H2. The van der Waals surface area contributed by atoms with Gasteiger partial charge in [0, 0.05) is 0 Å². The van der Waals surface area contributed by atoms with Gasteiger partial charge in [0.2, 0.25) is 0 Å². The van der Waals surface area contributed by atoms with Crippen LogP contribution in [-0.2, 0) is 6.42 Å². The first-order chi connectivity index (χ1) is 8.20. The molecule has 0 bridgehead atoms. The Hall–Kier alpha value is -0.800. The van der Waals surface area contributed by atoms with Crippen LogP contribution in [0.3, 0.4) is 0 Å². The lowest BCUT2D eigenvalue weighted by atomic mass is 10.1. The fraction of sp³-hybridized carbons (Fsp3) is 0.538. The minimum atomic E-state index is -0.305. The number of ether oxygens (including phenoxy) is 1. The normalized spacial score (nSPS) is 15.0. The van der Waals surface area contributed by atoms with E-state index < -0.39 is 0 Å². The van der Waals surface area contributed by atoms with Crippen molar-refractivity contribution in [1.29, 1.82) is 0 Å². The van der Waals surface area contributed by atoms with E-state index in [1.54, 1.807) is 0 Å². The Morgan fingerprint density at radius 3 is 2.76 bits per heavy atom. The molecular formula is C13H17ClFNO. The third-order valence-electron chi connectivity index (χ3n) is 2.79. The number of unbranched alkanes of at least 4 members (excludes halogenated alkanes) is 1. The van der Waals surface area contributed by atoms with Gasteiger partial charge in [0.1, 0.15) is 11.6 Å². The van der Waals surface area contributed by atoms with E-state index in [4.69, 9.17) is 22.1 Å². The lowest BCUT2D eigenvalue weighted by Crippen LogP contribution is -2.03. The molecular weight excluding hydrogens is 241 g/mol. The molecule has 4 heteroatoms. The minimum absolute atomic E-state index is 0.270. The second-order valence-electron chi connectivity index (χ2n) is 4.44. The molecule has 1 fully saturated rings. The van der Waals surface area contributed by atoms with Gasteiger partial charge in [0.15, 0.2) is 0 Å². The summed E-state index contributed by atoms with van der Waals surface area (Å²) in [7, 11) is 0. The Bertz CT molecular complexity index is 393. The molecule has 2 nitrogen and oxygen atoms in total. The molecule has 0 atom stereocenters. The number of rotatable bonds is 6. The second-order valence-corrected chi connectivity index (χ2v) is 4.85. The largest absolute Gasteiger partial charge is 0.489 e. The highest BCUT2D eigenvalue weighted by Gasteiger charge is 2.26. The van der Waals surface area contributed by atoms with Crippen LogP contribution in [0.2, 0.25) is 5.02 Å². The summed E-state index contributed by atoms with van der Waals surface area (Å²) >= 11 is 6.03. The van der Waals surface area contributed by atoms with Gasteiger partial charge in [0.05, 0.1) is 11.1 Å². The number of halogens is 2. The summed E-state index contributed by atoms with van der Waals surface area (Å²) in [6, 6.07) is 2.83. The van der Waals surface area contributed by atoms with Gasteiger partial charge in [-0.25, -0.2) is 4.39 Å². The average Bonchev–Trinajstić information content (AvgIpc) is 3.07. The maximum absolute atomic E-state index is 13.3. The van der Waals surface area contributed by atoms with E-state index in [2.05, 4.69) is 0 Å². The minimum Gasteiger partial charge on any atom is -0.489 e. The molecule has 1 aliphatic rings. The Labute approximate surface area is 106 Å². The first-order valence-corrected chi connectivity index (χ1v) is 6.43. The average molecular weight is 258 g/mol. The van der Waals surface area contributed by atoms with Gasteiger partial charge in [-0.1, -0.05) is 11.6 Å². The van der Waals surface area contributed by atoms with Crippen LogP contribution in [0, 0.1) is 5.82 Å². The quantitative estimate of drug-likeness (QED) is 0.794. The summed E-state index contributed by atoms with van der Waals surface area (Å²) in [6.07, 6.45) is 5.02. The van der Waals surface area contributed by atoms with Crippen molar-refractivity contribution in [2.45, 2.75) is 38.2 Å². The predicted octanol–water partition coefficient (Wildman–Crippen LogP) is 3.30. The van der Waals surface area contributed by atoms with E-state index in [1.165, 1.54) is 12.1 Å². The van der Waals surface area contributed by atoms with Crippen molar-refractivity contribution in [3.8, 4) is 5.75 Å². The van der Waals surface area contributed by atoms with Crippen LogP contribution in [0.4, 0.5) is 4.39 Å². The number of aryl methyl sites for hydroxylation is 1. The first-order valence-electron chi connectivity index (χ1n) is 6.05. The molecule has 94 valence electrons. The van der Waals surface area contributed by atoms with Crippen LogP contribution < -0.4 is 10.5 Å². The summed E-state index contributed by atoms with van der Waals surface area (Å²) in [5.41, 5.74) is 6.31. The molecule has 0 aromatic heterocycles. The third-order valence-corrected chi connectivity index (χ3v) is 3.08. The first kappa shape index (κ1) is 12.7. The van der Waals surface area contributed by atoms with E-state index in [0.29, 0.717) is 17.3 Å². The maximum Gasteiger partial charge on any atom is 0.141 e. The van der Waals surface area contributed by atoms with Crippen LogP contribution >= 0.6 is 11.6 Å². The number of hydrogen-bond acceptors (Lipinski definition) is 2. The number of hydrogen-bond donors (Lipinski definition) is 1. The Morgan fingerprint density at radius 2 is 2.12 bits per heavy atom. The summed E-state index contributed by atoms with van der Waals surface area (Å²) < 4.78 is 19.0. The number of nitrogens with two attached hydrogens (primary N) is 1. The van der Waals surface area contributed by atoms with Gasteiger partial charge < -0.3 is 10.5 Å². The molecule has 0 saturated heterocycles. The fourth-order valence-corrected chi connectivity index (χ4v) is 2.01. The zero-order valence-electron chi connectivity index (χ0n) is 9.72. The smallest absolute Gasteiger partial charge is 0.141 e. The highest BCUT2D eigenvalue weighted by molar-refractivity contribution is 6.32. The molecule has 1 saturated carbocycles. The van der Waals surface area contributed by atoms with Crippen molar-refractivity contribution >= 4 is 11.6 Å². The van der Waals surface area contributed by atoms with Crippen molar-refractivity contribution < 1.29 is 9.13 Å². The van der Waals surface area contributed by atoms with Gasteiger partial charge in [-0.15, -0.1) is 0 Å². The van der Waals surface area contributed by atoms with Crippen molar-refractivity contribution in [3.63, 3.8) is 0 Å². The second kappa shape index (κ2) is 5.69. The maximum atomic E-state index is 13.3. The van der Waals surface area contributed by atoms with E-state index in [-0.39, 0.29) is 11.9 Å². The Balaban J connectivity index is 2.13. The monoisotopic (exact) mass is 257 g/mol. The van der Waals surface area contributed by atoms with Gasteiger partial charge in [-0.3, -0.25) is 0 Å². The molecule has 17 heavy (non-hydrogen) atoms. The summed E-state index contributed by atoms with van der Waals surface area (Å²) in [6.45, 7) is 0.655. The van der Waals surface area contributed by atoms with Crippen LogP contribution in [0.15, 0.2) is 12.1 Å². The fourth-order valence-electron chi connectivity index (χ4n) is 1.74. The van der Waals surface area contributed by atoms with Crippen molar-refractivity contribution in [3.05, 3.63) is 28.5 Å². The SMILES string of the molecule is NCCCCc1cc(F)cc(Cl)c1OC1CC1. The zero-order valence-corrected chi connectivity index (χ0v) is 10.5. The van der Waals surface area contributed by atoms with Gasteiger partial charge in [-0.05, 0) is 56.3 Å². The third kappa shape index (κ3) is 3.58. The molecule has 0 amide bonds. The highest BCUT2D eigenvalue weighted by Crippen LogP contribution is 2.36. The Morgan fingerprint density at radius 1 is 1.35 bits per heavy atom. The van der Waals surface area contributed by atoms with E-state index in [1.807, 2.05) is 0 Å². The topological polar surface area (TPSA) is 35.2 Å². The van der Waals surface area contributed by atoms with Gasteiger partial charge in [-0.2, -0.15) is 0 Å². The summed E-state index contributed by atoms with van der Waals surface area (Å²) in [4.78, 5) is 0. The van der Waals surface area contributed by atoms with Crippen LogP contribution in [0.1, 0.15) is 31.2 Å². The van der Waals surface area contributed by atoms with Crippen molar-refractivity contribution in [2.75, 3.05) is 6.54 Å². The lowest BCUT2D eigenvalue weighted by Gasteiger charge is -2.13. The predicted molar refractivity (Wildman–Crippen MR) is 67.1 cm³/mol. The van der Waals surface area contributed by atoms with Crippen molar-refractivity contribution in [2.24, 2.45) is 5.73 Å². The lowest BCUT2D eigenvalue weighted by molar-refractivity contribution is 0.299. The molecule has 1 aromatic carbocycles. The summed E-state index contributed by atoms with van der Waals surface area (Å²) in [5, 5.41) is 0.375. The van der Waals surface area contributed by atoms with Gasteiger partial charge in [0.25, 0.3) is 0 Å². The molecule has 1 aromatic rings. The van der Waals surface area contributed by atoms with Crippen LogP contribution in [0.25, 0.3) is 0 Å². The van der Waals surface area contributed by atoms with Crippen molar-refractivity contribution in [1.82, 2.24) is 0 Å². The number of benzene rings is 1. The molecule has 0 radical (unpaired) electrons. The van der Waals surface area contributed by atoms with Gasteiger partial charge >= 0.3 is 0 Å². The van der Waals surface area contributed by atoms with Crippen LogP contribution in [-0.4, -0.2) is 12.6 Å². The zero-order chi connectivity index (χ0) is 12.3. The molecule has 0 spiro atoms. The molecule has 2 rings (SSSR count). The van der Waals surface area contributed by atoms with Crippen LogP contribution in [0.5, 0.6) is 5.75 Å².